The molecular weight excluding hydrogens is 372 g/mol. The Balaban J connectivity index is 1.25. The third-order valence-electron chi connectivity index (χ3n) is 5.68. The van der Waals surface area contributed by atoms with E-state index in [0.717, 1.165) is 11.1 Å². The molecule has 1 saturated heterocycles. The Bertz CT molecular complexity index is 1050. The molecule has 4 heteroatoms. The van der Waals surface area contributed by atoms with E-state index >= 15 is 0 Å². The summed E-state index contributed by atoms with van der Waals surface area (Å²) in [5.41, 5.74) is 2.11. The Hall–Kier alpha value is -3.40. The first-order chi connectivity index (χ1) is 14.7. The molecule has 0 atom stereocenters. The van der Waals surface area contributed by atoms with Crippen molar-refractivity contribution in [2.45, 2.75) is 19.4 Å². The summed E-state index contributed by atoms with van der Waals surface area (Å²) in [6, 6.07) is 24.3. The molecule has 1 N–H and O–H groups in total. The van der Waals surface area contributed by atoms with Crippen molar-refractivity contribution in [3.8, 4) is 0 Å². The standard InChI is InChI=1S/C26H26N2O2/c29-25(13-11-20-6-2-1-3-7-20)28-16-14-23(15-17-28)26(30)27-19-21-10-12-22-8-4-5-9-24(22)18-21/h1-13,18,23H,14-17,19H2,(H,27,30)/b13-11+. The number of fused-ring (bicyclic) bond motifs is 1. The van der Waals surface area contributed by atoms with Gasteiger partial charge in [0.15, 0.2) is 0 Å². The molecule has 2 amide bonds. The molecule has 0 spiro atoms. The van der Waals surface area contributed by atoms with Crippen LogP contribution in [0.3, 0.4) is 0 Å². The molecule has 0 bridgehead atoms. The Morgan fingerprint density at radius 3 is 2.37 bits per heavy atom. The summed E-state index contributed by atoms with van der Waals surface area (Å²) in [5, 5.41) is 5.45. The van der Waals surface area contributed by atoms with Gasteiger partial charge in [-0.3, -0.25) is 9.59 Å². The Labute approximate surface area is 177 Å². The summed E-state index contributed by atoms with van der Waals surface area (Å²) in [5.74, 6) is 0.0524. The number of hydrogen-bond acceptors (Lipinski definition) is 2. The highest BCUT2D eigenvalue weighted by Crippen LogP contribution is 2.19. The number of benzene rings is 3. The highest BCUT2D eigenvalue weighted by molar-refractivity contribution is 5.92. The highest BCUT2D eigenvalue weighted by Gasteiger charge is 2.26. The fourth-order valence-electron chi connectivity index (χ4n) is 3.88. The monoisotopic (exact) mass is 398 g/mol. The van der Waals surface area contributed by atoms with Gasteiger partial charge in [0.2, 0.25) is 11.8 Å². The molecule has 3 aromatic carbocycles. The molecule has 1 heterocycles. The van der Waals surface area contributed by atoms with Gasteiger partial charge in [-0.1, -0.05) is 66.7 Å². The first-order valence-electron chi connectivity index (χ1n) is 10.5. The number of nitrogens with zero attached hydrogens (tertiary/aromatic N) is 1. The van der Waals surface area contributed by atoms with Crippen molar-refractivity contribution in [3.05, 3.63) is 90.0 Å². The lowest BCUT2D eigenvalue weighted by molar-refractivity contribution is -0.132. The molecule has 0 radical (unpaired) electrons. The van der Waals surface area contributed by atoms with Crippen molar-refractivity contribution >= 4 is 28.7 Å². The normalized spacial score (nSPS) is 14.9. The van der Waals surface area contributed by atoms with Crippen LogP contribution in [0.15, 0.2) is 78.9 Å². The Morgan fingerprint density at radius 1 is 0.900 bits per heavy atom. The van der Waals surface area contributed by atoms with Crippen molar-refractivity contribution in [2.24, 2.45) is 5.92 Å². The second-order valence-electron chi connectivity index (χ2n) is 7.74. The molecule has 4 nitrogen and oxygen atoms in total. The number of carbonyl (C=O) groups is 2. The molecule has 1 fully saturated rings. The average molecular weight is 399 g/mol. The van der Waals surface area contributed by atoms with Gasteiger partial charge in [-0.15, -0.1) is 0 Å². The number of amides is 2. The topological polar surface area (TPSA) is 49.4 Å². The molecule has 30 heavy (non-hydrogen) atoms. The van der Waals surface area contributed by atoms with Crippen LogP contribution in [0.1, 0.15) is 24.0 Å². The maximum absolute atomic E-state index is 12.6. The minimum Gasteiger partial charge on any atom is -0.352 e. The van der Waals surface area contributed by atoms with E-state index in [1.54, 1.807) is 6.08 Å². The van der Waals surface area contributed by atoms with Crippen LogP contribution < -0.4 is 5.32 Å². The van der Waals surface area contributed by atoms with Gasteiger partial charge in [0, 0.05) is 31.6 Å². The zero-order valence-corrected chi connectivity index (χ0v) is 17.0. The van der Waals surface area contributed by atoms with Gasteiger partial charge in [-0.05, 0) is 46.9 Å². The summed E-state index contributed by atoms with van der Waals surface area (Å²) in [7, 11) is 0. The fourth-order valence-corrected chi connectivity index (χ4v) is 3.88. The number of carbonyl (C=O) groups excluding carboxylic acids is 2. The van der Waals surface area contributed by atoms with Gasteiger partial charge in [0.05, 0.1) is 0 Å². The average Bonchev–Trinajstić information content (AvgIpc) is 2.81. The lowest BCUT2D eigenvalue weighted by Crippen LogP contribution is -2.42. The zero-order chi connectivity index (χ0) is 20.8. The number of piperidine rings is 1. The van der Waals surface area contributed by atoms with E-state index in [9.17, 15) is 9.59 Å². The van der Waals surface area contributed by atoms with Gasteiger partial charge < -0.3 is 10.2 Å². The van der Waals surface area contributed by atoms with Crippen LogP contribution >= 0.6 is 0 Å². The van der Waals surface area contributed by atoms with Gasteiger partial charge in [-0.2, -0.15) is 0 Å². The molecular formula is C26H26N2O2. The Kier molecular flexibility index (Phi) is 6.23. The number of hydrogen-bond donors (Lipinski definition) is 1. The molecule has 152 valence electrons. The summed E-state index contributed by atoms with van der Waals surface area (Å²) in [4.78, 5) is 26.8. The summed E-state index contributed by atoms with van der Waals surface area (Å²) in [6.45, 7) is 1.76. The fraction of sp³-hybridized carbons (Fsp3) is 0.231. The van der Waals surface area contributed by atoms with Crippen LogP contribution in [0.4, 0.5) is 0 Å². The summed E-state index contributed by atoms with van der Waals surface area (Å²) < 4.78 is 0. The highest BCUT2D eigenvalue weighted by atomic mass is 16.2. The predicted octanol–water partition coefficient (Wildman–Crippen LogP) is 4.41. The largest absolute Gasteiger partial charge is 0.352 e. The minimum absolute atomic E-state index is 0.00822. The van der Waals surface area contributed by atoms with Crippen molar-refractivity contribution in [2.75, 3.05) is 13.1 Å². The van der Waals surface area contributed by atoms with Gasteiger partial charge in [0.1, 0.15) is 0 Å². The van der Waals surface area contributed by atoms with Gasteiger partial charge >= 0.3 is 0 Å². The van der Waals surface area contributed by atoms with E-state index < -0.39 is 0 Å². The van der Waals surface area contributed by atoms with Crippen molar-refractivity contribution in [1.82, 2.24) is 10.2 Å². The van der Waals surface area contributed by atoms with E-state index in [-0.39, 0.29) is 17.7 Å². The molecule has 0 unspecified atom stereocenters. The smallest absolute Gasteiger partial charge is 0.246 e. The van der Waals surface area contributed by atoms with Crippen LogP contribution in [0.2, 0.25) is 0 Å². The van der Waals surface area contributed by atoms with Crippen molar-refractivity contribution < 1.29 is 9.59 Å². The molecule has 1 aliphatic heterocycles. The molecule has 0 aromatic heterocycles. The summed E-state index contributed by atoms with van der Waals surface area (Å²) in [6.07, 6.45) is 4.86. The van der Waals surface area contributed by atoms with Crippen molar-refractivity contribution in [3.63, 3.8) is 0 Å². The van der Waals surface area contributed by atoms with E-state index in [0.29, 0.717) is 32.5 Å². The summed E-state index contributed by atoms with van der Waals surface area (Å²) >= 11 is 0. The van der Waals surface area contributed by atoms with Crippen LogP contribution in [0.25, 0.3) is 16.8 Å². The van der Waals surface area contributed by atoms with Crippen molar-refractivity contribution in [1.29, 1.82) is 0 Å². The van der Waals surface area contributed by atoms with E-state index in [4.69, 9.17) is 0 Å². The number of rotatable bonds is 5. The Morgan fingerprint density at radius 2 is 1.60 bits per heavy atom. The zero-order valence-electron chi connectivity index (χ0n) is 17.0. The molecule has 3 aromatic rings. The van der Waals surface area contributed by atoms with Crippen LogP contribution in [-0.2, 0) is 16.1 Å². The lowest BCUT2D eigenvalue weighted by Gasteiger charge is -2.30. The molecule has 0 saturated carbocycles. The quantitative estimate of drug-likeness (QED) is 0.648. The number of nitrogens with one attached hydrogen (secondary N) is 1. The third kappa shape index (κ3) is 4.95. The van der Waals surface area contributed by atoms with Crippen LogP contribution in [0.5, 0.6) is 0 Å². The van der Waals surface area contributed by atoms with Gasteiger partial charge in [0.25, 0.3) is 0 Å². The third-order valence-corrected chi connectivity index (χ3v) is 5.68. The number of likely N-dealkylation sites (tertiary alicyclic amines) is 1. The predicted molar refractivity (Wildman–Crippen MR) is 121 cm³/mol. The van der Waals surface area contributed by atoms with E-state index in [2.05, 4.69) is 35.6 Å². The first kappa shape index (κ1) is 19.9. The maximum atomic E-state index is 12.6. The second kappa shape index (κ2) is 9.40. The minimum atomic E-state index is -0.0346. The van der Waals surface area contributed by atoms with Crippen LogP contribution in [-0.4, -0.2) is 29.8 Å². The van der Waals surface area contributed by atoms with Crippen LogP contribution in [0, 0.1) is 5.92 Å². The molecule has 4 rings (SSSR count). The van der Waals surface area contributed by atoms with E-state index in [1.165, 1.54) is 10.8 Å². The van der Waals surface area contributed by atoms with E-state index in [1.807, 2.05) is 53.4 Å². The second-order valence-corrected chi connectivity index (χ2v) is 7.74. The SMILES string of the molecule is O=C(NCc1ccc2ccccc2c1)C1CCN(C(=O)/C=C/c2ccccc2)CC1. The molecule has 0 aliphatic carbocycles. The maximum Gasteiger partial charge on any atom is 0.246 e. The van der Waals surface area contributed by atoms with Gasteiger partial charge in [-0.25, -0.2) is 0 Å². The molecule has 1 aliphatic rings. The first-order valence-corrected chi connectivity index (χ1v) is 10.5. The lowest BCUT2D eigenvalue weighted by atomic mass is 9.95.